The van der Waals surface area contributed by atoms with Crippen molar-refractivity contribution in [3.05, 3.63) is 0 Å². The fourth-order valence-electron chi connectivity index (χ4n) is 1.13. The average molecular weight is 147 g/mol. The number of nitrogens with one attached hydrogen (secondary N) is 1. The summed E-state index contributed by atoms with van der Waals surface area (Å²) in [5.41, 5.74) is 0. The van der Waals surface area contributed by atoms with Gasteiger partial charge < -0.3 is 10.4 Å². The summed E-state index contributed by atoms with van der Waals surface area (Å²) < 4.78 is 12.6. The van der Waals surface area contributed by atoms with Crippen LogP contribution >= 0.6 is 0 Å². The normalized spacial score (nSPS) is 40.0. The fraction of sp³-hybridized carbons (Fsp3) is 0.833. The summed E-state index contributed by atoms with van der Waals surface area (Å²) in [6.07, 6.45) is -1.01. The van der Waals surface area contributed by atoms with Crippen LogP contribution in [-0.4, -0.2) is 29.8 Å². The van der Waals surface area contributed by atoms with Crippen molar-refractivity contribution in [2.45, 2.75) is 19.1 Å². The quantitative estimate of drug-likeness (QED) is 0.549. The Morgan fingerprint density at radius 1 is 1.80 bits per heavy atom. The molecule has 3 atom stereocenters. The van der Waals surface area contributed by atoms with Gasteiger partial charge in [-0.25, -0.2) is 4.39 Å². The van der Waals surface area contributed by atoms with Gasteiger partial charge in [-0.3, -0.25) is 4.79 Å². The summed E-state index contributed by atoms with van der Waals surface area (Å²) >= 11 is 0. The highest BCUT2D eigenvalue weighted by atomic mass is 19.1. The van der Waals surface area contributed by atoms with Crippen molar-refractivity contribution in [3.63, 3.8) is 0 Å². The lowest BCUT2D eigenvalue weighted by Gasteiger charge is -2.09. The number of carbonyl (C=O) groups is 1. The number of carboxylic acids is 1. The highest BCUT2D eigenvalue weighted by Gasteiger charge is 2.36. The fourth-order valence-corrected chi connectivity index (χ4v) is 1.13. The number of halogens is 1. The lowest BCUT2D eigenvalue weighted by Crippen LogP contribution is -2.34. The molecule has 0 aromatic rings. The Bertz CT molecular complexity index is 151. The van der Waals surface area contributed by atoms with Crippen molar-refractivity contribution in [3.8, 4) is 0 Å². The minimum Gasteiger partial charge on any atom is -0.480 e. The zero-order valence-electron chi connectivity index (χ0n) is 5.67. The molecule has 0 aromatic heterocycles. The van der Waals surface area contributed by atoms with Crippen molar-refractivity contribution in [1.29, 1.82) is 0 Å². The number of alkyl halides is 1. The molecule has 4 heteroatoms. The van der Waals surface area contributed by atoms with Gasteiger partial charge in [0.25, 0.3) is 0 Å². The molecule has 58 valence electrons. The number of hydrogen-bond donors (Lipinski definition) is 2. The van der Waals surface area contributed by atoms with Crippen LogP contribution in [-0.2, 0) is 4.79 Å². The van der Waals surface area contributed by atoms with Crippen LogP contribution in [0, 0.1) is 5.92 Å². The third kappa shape index (κ3) is 1.11. The maximum Gasteiger partial charge on any atom is 0.321 e. The summed E-state index contributed by atoms with van der Waals surface area (Å²) in [7, 11) is 0. The van der Waals surface area contributed by atoms with E-state index in [1.165, 1.54) is 0 Å². The Labute approximate surface area is 58.2 Å². The number of hydrogen-bond acceptors (Lipinski definition) is 2. The lowest BCUT2D eigenvalue weighted by atomic mass is 10.0. The summed E-state index contributed by atoms with van der Waals surface area (Å²) in [6.45, 7) is 1.77. The molecular formula is C6H10FNO2. The van der Waals surface area contributed by atoms with Crippen LogP contribution in [0.4, 0.5) is 4.39 Å². The Hall–Kier alpha value is -0.640. The van der Waals surface area contributed by atoms with E-state index in [0.717, 1.165) is 0 Å². The van der Waals surface area contributed by atoms with E-state index in [-0.39, 0.29) is 6.54 Å². The van der Waals surface area contributed by atoms with Crippen molar-refractivity contribution in [2.24, 2.45) is 5.92 Å². The van der Waals surface area contributed by atoms with Gasteiger partial charge >= 0.3 is 5.97 Å². The molecule has 1 fully saturated rings. The molecule has 1 heterocycles. The first kappa shape index (κ1) is 7.47. The van der Waals surface area contributed by atoms with Gasteiger partial charge in [-0.2, -0.15) is 0 Å². The third-order valence-corrected chi connectivity index (χ3v) is 1.90. The molecule has 0 bridgehead atoms. The SMILES string of the molecule is CC1C(F)CN[C@@H]1C(=O)O. The van der Waals surface area contributed by atoms with E-state index in [1.807, 2.05) is 0 Å². The van der Waals surface area contributed by atoms with Gasteiger partial charge in [0, 0.05) is 12.5 Å². The smallest absolute Gasteiger partial charge is 0.321 e. The molecule has 1 rings (SSSR count). The summed E-state index contributed by atoms with van der Waals surface area (Å²) in [5.74, 6) is -1.37. The summed E-state index contributed by atoms with van der Waals surface area (Å²) in [4.78, 5) is 10.3. The number of rotatable bonds is 1. The minimum atomic E-state index is -1.01. The largest absolute Gasteiger partial charge is 0.480 e. The third-order valence-electron chi connectivity index (χ3n) is 1.90. The lowest BCUT2D eigenvalue weighted by molar-refractivity contribution is -0.140. The molecule has 1 aliphatic heterocycles. The Morgan fingerprint density at radius 2 is 2.40 bits per heavy atom. The molecule has 0 amide bonds. The molecule has 3 nitrogen and oxygen atoms in total. The Kier molecular flexibility index (Phi) is 1.89. The Morgan fingerprint density at radius 3 is 2.60 bits per heavy atom. The Balaban J connectivity index is 2.57. The van der Waals surface area contributed by atoms with Crippen LogP contribution in [0.15, 0.2) is 0 Å². The first-order chi connectivity index (χ1) is 4.63. The number of aliphatic carboxylic acids is 1. The molecular weight excluding hydrogens is 137 g/mol. The topological polar surface area (TPSA) is 49.3 Å². The van der Waals surface area contributed by atoms with Crippen LogP contribution < -0.4 is 5.32 Å². The standard InChI is InChI=1S/C6H10FNO2/c1-3-4(7)2-8-5(3)6(9)10/h3-5,8H,2H2,1H3,(H,9,10)/t3?,4?,5-/m0/s1. The molecule has 0 saturated carbocycles. The molecule has 0 aliphatic carbocycles. The van der Waals surface area contributed by atoms with Crippen LogP contribution in [0.25, 0.3) is 0 Å². The van der Waals surface area contributed by atoms with E-state index < -0.39 is 24.1 Å². The van der Waals surface area contributed by atoms with E-state index in [9.17, 15) is 9.18 Å². The first-order valence-electron chi connectivity index (χ1n) is 3.23. The summed E-state index contributed by atoms with van der Waals surface area (Å²) in [6, 6.07) is -0.699. The average Bonchev–Trinajstić information content (AvgIpc) is 2.14. The second kappa shape index (κ2) is 2.54. The maximum absolute atomic E-state index is 12.6. The predicted molar refractivity (Wildman–Crippen MR) is 33.5 cm³/mol. The van der Waals surface area contributed by atoms with Crippen LogP contribution in [0.1, 0.15) is 6.92 Å². The van der Waals surface area contributed by atoms with Gasteiger partial charge in [0.05, 0.1) is 0 Å². The molecule has 0 aromatic carbocycles. The molecule has 2 unspecified atom stereocenters. The molecule has 0 spiro atoms. The molecule has 0 radical (unpaired) electrons. The van der Waals surface area contributed by atoms with Crippen LogP contribution in [0.2, 0.25) is 0 Å². The monoisotopic (exact) mass is 147 g/mol. The highest BCUT2D eigenvalue weighted by Crippen LogP contribution is 2.18. The second-order valence-corrected chi connectivity index (χ2v) is 2.60. The van der Waals surface area contributed by atoms with E-state index in [4.69, 9.17) is 5.11 Å². The van der Waals surface area contributed by atoms with Gasteiger partial charge in [-0.05, 0) is 0 Å². The van der Waals surface area contributed by atoms with Crippen molar-refractivity contribution in [2.75, 3.05) is 6.54 Å². The zero-order chi connectivity index (χ0) is 7.72. The van der Waals surface area contributed by atoms with Gasteiger partial charge in [0.2, 0.25) is 0 Å². The van der Waals surface area contributed by atoms with E-state index in [1.54, 1.807) is 6.92 Å². The van der Waals surface area contributed by atoms with Crippen molar-refractivity contribution >= 4 is 5.97 Å². The van der Waals surface area contributed by atoms with E-state index in [0.29, 0.717) is 0 Å². The molecule has 10 heavy (non-hydrogen) atoms. The molecule has 2 N–H and O–H groups in total. The predicted octanol–water partition coefficient (Wildman–Crippen LogP) is 0.0170. The molecule has 1 saturated heterocycles. The van der Waals surface area contributed by atoms with Crippen molar-refractivity contribution in [1.82, 2.24) is 5.32 Å². The highest BCUT2D eigenvalue weighted by molar-refractivity contribution is 5.74. The van der Waals surface area contributed by atoms with Gasteiger partial charge in [-0.1, -0.05) is 6.92 Å². The van der Waals surface area contributed by atoms with E-state index >= 15 is 0 Å². The summed E-state index contributed by atoms with van der Waals surface area (Å²) in [5, 5.41) is 11.1. The van der Waals surface area contributed by atoms with Gasteiger partial charge in [0.15, 0.2) is 0 Å². The van der Waals surface area contributed by atoms with Crippen LogP contribution in [0.3, 0.4) is 0 Å². The number of carboxylic acid groups (broad SMARTS) is 1. The van der Waals surface area contributed by atoms with E-state index in [2.05, 4.69) is 5.32 Å². The van der Waals surface area contributed by atoms with Gasteiger partial charge in [-0.15, -0.1) is 0 Å². The zero-order valence-corrected chi connectivity index (χ0v) is 5.67. The van der Waals surface area contributed by atoms with Gasteiger partial charge in [0.1, 0.15) is 12.2 Å². The maximum atomic E-state index is 12.6. The second-order valence-electron chi connectivity index (χ2n) is 2.60. The van der Waals surface area contributed by atoms with Crippen molar-refractivity contribution < 1.29 is 14.3 Å². The first-order valence-corrected chi connectivity index (χ1v) is 3.23. The molecule has 1 aliphatic rings. The van der Waals surface area contributed by atoms with Crippen LogP contribution in [0.5, 0.6) is 0 Å². The minimum absolute atomic E-state index is 0.165.